The van der Waals surface area contributed by atoms with Crippen molar-refractivity contribution in [2.75, 3.05) is 13.7 Å². The van der Waals surface area contributed by atoms with Crippen molar-refractivity contribution in [2.24, 2.45) is 0 Å². The molecule has 1 aliphatic rings. The van der Waals surface area contributed by atoms with Gasteiger partial charge in [0.1, 0.15) is 0 Å². The largest absolute Gasteiger partial charge is 0.394 e. The van der Waals surface area contributed by atoms with Crippen molar-refractivity contribution >= 4 is 0 Å². The molecule has 0 radical (unpaired) electrons. The highest BCUT2D eigenvalue weighted by atomic mass is 16.3. The Labute approximate surface area is 86.7 Å². The standard InChI is InChI=1S/C11H23NO2/c1-11(2,8-13)12(3)9-4-6-10(14)7-5-9/h9-10,13-14H,4-8H2,1-3H3. The van der Waals surface area contributed by atoms with Gasteiger partial charge >= 0.3 is 0 Å². The van der Waals surface area contributed by atoms with Crippen LogP contribution in [0.4, 0.5) is 0 Å². The van der Waals surface area contributed by atoms with Crippen molar-refractivity contribution in [1.82, 2.24) is 4.90 Å². The van der Waals surface area contributed by atoms with Crippen LogP contribution in [0.15, 0.2) is 0 Å². The number of aliphatic hydroxyl groups excluding tert-OH is 2. The summed E-state index contributed by atoms with van der Waals surface area (Å²) in [6.45, 7) is 4.29. The quantitative estimate of drug-likeness (QED) is 0.716. The van der Waals surface area contributed by atoms with Crippen LogP contribution in [0.5, 0.6) is 0 Å². The SMILES string of the molecule is CN(C1CCC(O)CC1)C(C)(C)CO. The van der Waals surface area contributed by atoms with Gasteiger partial charge in [-0.25, -0.2) is 0 Å². The maximum absolute atomic E-state index is 9.40. The van der Waals surface area contributed by atoms with Crippen LogP contribution in [-0.4, -0.2) is 46.5 Å². The molecule has 14 heavy (non-hydrogen) atoms. The molecule has 0 heterocycles. The molecular formula is C11H23NO2. The van der Waals surface area contributed by atoms with E-state index in [-0.39, 0.29) is 18.2 Å². The highest BCUT2D eigenvalue weighted by Crippen LogP contribution is 2.26. The van der Waals surface area contributed by atoms with E-state index in [0.717, 1.165) is 25.7 Å². The van der Waals surface area contributed by atoms with Gasteiger partial charge in [0.2, 0.25) is 0 Å². The molecule has 0 aliphatic heterocycles. The van der Waals surface area contributed by atoms with Gasteiger partial charge in [-0.1, -0.05) is 0 Å². The third kappa shape index (κ3) is 2.69. The Morgan fingerprint density at radius 3 is 2.14 bits per heavy atom. The molecule has 0 spiro atoms. The van der Waals surface area contributed by atoms with E-state index < -0.39 is 0 Å². The predicted octanol–water partition coefficient (Wildman–Crippen LogP) is 0.993. The molecule has 0 bridgehead atoms. The van der Waals surface area contributed by atoms with Crippen molar-refractivity contribution in [3.05, 3.63) is 0 Å². The van der Waals surface area contributed by atoms with Gasteiger partial charge in [0, 0.05) is 11.6 Å². The van der Waals surface area contributed by atoms with E-state index >= 15 is 0 Å². The van der Waals surface area contributed by atoms with Crippen LogP contribution in [0.25, 0.3) is 0 Å². The molecular weight excluding hydrogens is 178 g/mol. The molecule has 0 amide bonds. The van der Waals surface area contributed by atoms with Gasteiger partial charge in [-0.2, -0.15) is 0 Å². The van der Waals surface area contributed by atoms with Crippen molar-refractivity contribution in [2.45, 2.75) is 57.2 Å². The molecule has 1 aliphatic carbocycles. The monoisotopic (exact) mass is 201 g/mol. The number of aliphatic hydroxyl groups is 2. The lowest BCUT2D eigenvalue weighted by atomic mass is 9.89. The molecule has 1 fully saturated rings. The Hall–Kier alpha value is -0.120. The van der Waals surface area contributed by atoms with Crippen LogP contribution in [0.1, 0.15) is 39.5 Å². The number of nitrogens with zero attached hydrogens (tertiary/aromatic N) is 1. The molecule has 84 valence electrons. The first kappa shape index (κ1) is 12.0. The number of hydrogen-bond acceptors (Lipinski definition) is 3. The minimum atomic E-state index is -0.146. The van der Waals surface area contributed by atoms with Crippen LogP contribution >= 0.6 is 0 Å². The van der Waals surface area contributed by atoms with Gasteiger partial charge in [0.15, 0.2) is 0 Å². The maximum Gasteiger partial charge on any atom is 0.0610 e. The van der Waals surface area contributed by atoms with Crippen molar-refractivity contribution in [1.29, 1.82) is 0 Å². The Kier molecular flexibility index (Phi) is 3.93. The fraction of sp³-hybridized carbons (Fsp3) is 1.00. The first-order chi connectivity index (χ1) is 6.47. The van der Waals surface area contributed by atoms with Crippen LogP contribution in [0, 0.1) is 0 Å². The highest BCUT2D eigenvalue weighted by molar-refractivity contribution is 4.86. The molecule has 0 aromatic rings. The molecule has 0 unspecified atom stereocenters. The molecule has 3 nitrogen and oxygen atoms in total. The summed E-state index contributed by atoms with van der Waals surface area (Å²) in [4.78, 5) is 2.25. The van der Waals surface area contributed by atoms with Crippen LogP contribution < -0.4 is 0 Å². The Morgan fingerprint density at radius 2 is 1.71 bits per heavy atom. The van der Waals surface area contributed by atoms with E-state index in [0.29, 0.717) is 6.04 Å². The third-order valence-electron chi connectivity index (χ3n) is 3.56. The fourth-order valence-corrected chi connectivity index (χ4v) is 2.05. The van der Waals surface area contributed by atoms with E-state index in [1.54, 1.807) is 0 Å². The second-order valence-electron chi connectivity index (χ2n) is 5.04. The van der Waals surface area contributed by atoms with E-state index in [2.05, 4.69) is 25.8 Å². The average molecular weight is 201 g/mol. The molecule has 0 aromatic heterocycles. The lowest BCUT2D eigenvalue weighted by molar-refractivity contribution is 0.0109. The van der Waals surface area contributed by atoms with E-state index in [1.807, 2.05) is 0 Å². The van der Waals surface area contributed by atoms with Gasteiger partial charge in [-0.3, -0.25) is 4.90 Å². The minimum Gasteiger partial charge on any atom is -0.394 e. The Bertz CT molecular complexity index is 174. The average Bonchev–Trinajstić information content (AvgIpc) is 2.18. The van der Waals surface area contributed by atoms with Crippen molar-refractivity contribution in [3.63, 3.8) is 0 Å². The molecule has 0 aromatic carbocycles. The van der Waals surface area contributed by atoms with Crippen LogP contribution in [0.3, 0.4) is 0 Å². The number of rotatable bonds is 3. The summed E-state index contributed by atoms with van der Waals surface area (Å²) < 4.78 is 0. The fourth-order valence-electron chi connectivity index (χ4n) is 2.05. The van der Waals surface area contributed by atoms with Gasteiger partial charge in [0.25, 0.3) is 0 Å². The lowest BCUT2D eigenvalue weighted by Gasteiger charge is -2.42. The first-order valence-corrected chi connectivity index (χ1v) is 5.49. The predicted molar refractivity (Wildman–Crippen MR) is 57.2 cm³/mol. The van der Waals surface area contributed by atoms with Gasteiger partial charge in [-0.05, 0) is 46.6 Å². The summed E-state index contributed by atoms with van der Waals surface area (Å²) in [5.41, 5.74) is -0.146. The molecule has 1 rings (SSSR count). The van der Waals surface area contributed by atoms with Gasteiger partial charge in [0.05, 0.1) is 12.7 Å². The van der Waals surface area contributed by atoms with E-state index in [1.165, 1.54) is 0 Å². The Morgan fingerprint density at radius 1 is 1.21 bits per heavy atom. The zero-order valence-corrected chi connectivity index (χ0v) is 9.53. The molecule has 2 N–H and O–H groups in total. The minimum absolute atomic E-state index is 0.100. The van der Waals surface area contributed by atoms with Crippen molar-refractivity contribution < 1.29 is 10.2 Å². The summed E-state index contributed by atoms with van der Waals surface area (Å²) in [5.74, 6) is 0. The smallest absolute Gasteiger partial charge is 0.0610 e. The second-order valence-corrected chi connectivity index (χ2v) is 5.04. The Balaban J connectivity index is 2.49. The van der Waals surface area contributed by atoms with Crippen molar-refractivity contribution in [3.8, 4) is 0 Å². The topological polar surface area (TPSA) is 43.7 Å². The van der Waals surface area contributed by atoms with E-state index in [9.17, 15) is 10.2 Å². The summed E-state index contributed by atoms with van der Waals surface area (Å²) in [7, 11) is 2.07. The zero-order valence-electron chi connectivity index (χ0n) is 9.53. The zero-order chi connectivity index (χ0) is 10.8. The highest BCUT2D eigenvalue weighted by Gasteiger charge is 2.31. The maximum atomic E-state index is 9.40. The molecule has 0 saturated heterocycles. The normalized spacial score (nSPS) is 29.6. The number of hydrogen-bond donors (Lipinski definition) is 2. The molecule has 1 saturated carbocycles. The molecule has 3 heteroatoms. The van der Waals surface area contributed by atoms with Gasteiger partial charge in [-0.15, -0.1) is 0 Å². The summed E-state index contributed by atoms with van der Waals surface area (Å²) in [5, 5.41) is 18.7. The number of likely N-dealkylation sites (N-methyl/N-ethyl adjacent to an activating group) is 1. The second kappa shape index (κ2) is 4.60. The molecule has 0 atom stereocenters. The summed E-state index contributed by atoms with van der Waals surface area (Å²) in [6.07, 6.45) is 3.78. The van der Waals surface area contributed by atoms with E-state index in [4.69, 9.17) is 0 Å². The van der Waals surface area contributed by atoms with Crippen LogP contribution in [0.2, 0.25) is 0 Å². The van der Waals surface area contributed by atoms with Gasteiger partial charge < -0.3 is 10.2 Å². The van der Waals surface area contributed by atoms with Crippen LogP contribution in [-0.2, 0) is 0 Å². The lowest BCUT2D eigenvalue weighted by Crippen LogP contribution is -2.51. The summed E-state index contributed by atoms with van der Waals surface area (Å²) in [6, 6.07) is 0.514. The first-order valence-electron chi connectivity index (χ1n) is 5.49. The third-order valence-corrected chi connectivity index (χ3v) is 3.56. The summed E-state index contributed by atoms with van der Waals surface area (Å²) >= 11 is 0.